The van der Waals surface area contributed by atoms with Gasteiger partial charge in [0.1, 0.15) is 0 Å². The van der Waals surface area contributed by atoms with Crippen molar-refractivity contribution in [2.24, 2.45) is 23.0 Å². The van der Waals surface area contributed by atoms with E-state index in [2.05, 4.69) is 20.8 Å². The number of amides is 1. The second-order valence-corrected chi connectivity index (χ2v) is 7.06. The molecule has 1 atom stereocenters. The highest BCUT2D eigenvalue weighted by atomic mass is 16.4. The summed E-state index contributed by atoms with van der Waals surface area (Å²) in [5, 5.41) is 8.80. The average Bonchev–Trinajstić information content (AvgIpc) is 2.34. The van der Waals surface area contributed by atoms with Gasteiger partial charge in [0.2, 0.25) is 5.91 Å². The minimum Gasteiger partial charge on any atom is -0.481 e. The van der Waals surface area contributed by atoms with Crippen molar-refractivity contribution < 1.29 is 14.7 Å². The largest absolute Gasteiger partial charge is 0.481 e. The van der Waals surface area contributed by atoms with Crippen LogP contribution in [0.3, 0.4) is 0 Å². The molecule has 1 amide bonds. The normalized spacial score (nSPS) is 18.9. The monoisotopic (exact) mass is 284 g/mol. The molecule has 0 aliphatic carbocycles. The molecule has 0 spiro atoms. The number of nitrogens with zero attached hydrogens (tertiary/aromatic N) is 1. The van der Waals surface area contributed by atoms with Crippen molar-refractivity contribution in [3.8, 4) is 0 Å². The maximum atomic E-state index is 12.5. The number of carboxylic acid groups (broad SMARTS) is 1. The second kappa shape index (κ2) is 7.07. The van der Waals surface area contributed by atoms with Crippen molar-refractivity contribution >= 4 is 11.9 Å². The minimum atomic E-state index is -0.748. The summed E-state index contributed by atoms with van der Waals surface area (Å²) in [6.07, 6.45) is 2.57. The molecule has 0 saturated carbocycles. The first-order valence-electron chi connectivity index (χ1n) is 7.43. The third kappa shape index (κ3) is 5.49. The number of piperidine rings is 1. The summed E-state index contributed by atoms with van der Waals surface area (Å²) in [5.74, 6) is -0.528. The highest BCUT2D eigenvalue weighted by molar-refractivity contribution is 5.79. The molecule has 0 bridgehead atoms. The first kappa shape index (κ1) is 17.0. The zero-order valence-electron chi connectivity index (χ0n) is 12.9. The van der Waals surface area contributed by atoms with Crippen LogP contribution < -0.4 is 5.73 Å². The summed E-state index contributed by atoms with van der Waals surface area (Å²) < 4.78 is 0. The number of aliphatic carboxylic acids is 1. The van der Waals surface area contributed by atoms with Crippen molar-refractivity contribution in [2.75, 3.05) is 19.6 Å². The van der Waals surface area contributed by atoms with Crippen LogP contribution in [0.15, 0.2) is 0 Å². The van der Waals surface area contributed by atoms with Gasteiger partial charge in [-0.25, -0.2) is 0 Å². The van der Waals surface area contributed by atoms with E-state index in [9.17, 15) is 9.59 Å². The van der Waals surface area contributed by atoms with Crippen LogP contribution >= 0.6 is 0 Å². The van der Waals surface area contributed by atoms with E-state index in [1.54, 1.807) is 0 Å². The van der Waals surface area contributed by atoms with Gasteiger partial charge in [0, 0.05) is 26.1 Å². The lowest BCUT2D eigenvalue weighted by molar-refractivity contribution is -0.139. The summed E-state index contributed by atoms with van der Waals surface area (Å²) in [4.78, 5) is 25.0. The van der Waals surface area contributed by atoms with E-state index < -0.39 is 5.97 Å². The van der Waals surface area contributed by atoms with Crippen LogP contribution in [0.5, 0.6) is 0 Å². The van der Waals surface area contributed by atoms with Gasteiger partial charge in [-0.2, -0.15) is 0 Å². The topological polar surface area (TPSA) is 83.6 Å². The van der Waals surface area contributed by atoms with Gasteiger partial charge in [-0.05, 0) is 30.6 Å². The number of carbonyl (C=O) groups excluding carboxylic acids is 1. The highest BCUT2D eigenvalue weighted by Gasteiger charge is 2.30. The molecule has 116 valence electrons. The second-order valence-electron chi connectivity index (χ2n) is 7.06. The van der Waals surface area contributed by atoms with E-state index in [1.165, 1.54) is 0 Å². The summed E-state index contributed by atoms with van der Waals surface area (Å²) >= 11 is 0. The summed E-state index contributed by atoms with van der Waals surface area (Å²) in [6, 6.07) is 0. The van der Waals surface area contributed by atoms with Gasteiger partial charge in [-0.1, -0.05) is 20.8 Å². The van der Waals surface area contributed by atoms with Crippen molar-refractivity contribution in [1.29, 1.82) is 0 Å². The summed E-state index contributed by atoms with van der Waals surface area (Å²) in [7, 11) is 0. The maximum absolute atomic E-state index is 12.5. The lowest BCUT2D eigenvalue weighted by atomic mass is 9.83. The fourth-order valence-electron chi connectivity index (χ4n) is 2.87. The maximum Gasteiger partial charge on any atom is 0.303 e. The van der Waals surface area contributed by atoms with Gasteiger partial charge in [0.15, 0.2) is 0 Å². The molecule has 1 aliphatic heterocycles. The Morgan fingerprint density at radius 1 is 1.30 bits per heavy atom. The van der Waals surface area contributed by atoms with Gasteiger partial charge in [-0.15, -0.1) is 0 Å². The molecule has 1 saturated heterocycles. The Balaban J connectivity index is 2.50. The lowest BCUT2D eigenvalue weighted by Crippen LogP contribution is -2.44. The Morgan fingerprint density at radius 2 is 1.85 bits per heavy atom. The van der Waals surface area contributed by atoms with Crippen molar-refractivity contribution in [2.45, 2.75) is 46.5 Å². The molecule has 5 heteroatoms. The summed E-state index contributed by atoms with van der Waals surface area (Å²) in [6.45, 7) is 8.05. The molecule has 1 fully saturated rings. The molecule has 1 unspecified atom stereocenters. The number of nitrogens with two attached hydrogens (primary N) is 1. The van der Waals surface area contributed by atoms with Crippen LogP contribution in [-0.4, -0.2) is 41.5 Å². The third-order valence-corrected chi connectivity index (χ3v) is 3.88. The molecule has 3 N–H and O–H groups in total. The molecule has 0 radical (unpaired) electrons. The Kier molecular flexibility index (Phi) is 5.99. The van der Waals surface area contributed by atoms with E-state index in [-0.39, 0.29) is 29.6 Å². The number of rotatable bonds is 5. The van der Waals surface area contributed by atoms with E-state index >= 15 is 0 Å². The van der Waals surface area contributed by atoms with Gasteiger partial charge in [-0.3, -0.25) is 9.59 Å². The molecule has 20 heavy (non-hydrogen) atoms. The molecular weight excluding hydrogens is 256 g/mol. The number of likely N-dealkylation sites (tertiary alicyclic amines) is 1. The lowest BCUT2D eigenvalue weighted by Gasteiger charge is -2.35. The quantitative estimate of drug-likeness (QED) is 0.805. The van der Waals surface area contributed by atoms with E-state index in [1.807, 2.05) is 4.90 Å². The third-order valence-electron chi connectivity index (χ3n) is 3.88. The predicted molar refractivity (Wildman–Crippen MR) is 78.2 cm³/mol. The van der Waals surface area contributed by atoms with Crippen LogP contribution in [0.25, 0.3) is 0 Å². The molecule has 1 rings (SSSR count). The Morgan fingerprint density at radius 3 is 2.25 bits per heavy atom. The molecule has 5 nitrogen and oxygen atoms in total. The fraction of sp³-hybridized carbons (Fsp3) is 0.867. The zero-order valence-corrected chi connectivity index (χ0v) is 12.9. The van der Waals surface area contributed by atoms with Crippen LogP contribution in [-0.2, 0) is 9.59 Å². The average molecular weight is 284 g/mol. The number of carboxylic acids is 1. The van der Waals surface area contributed by atoms with Crippen LogP contribution in [0.1, 0.15) is 46.5 Å². The molecular formula is C15H28N2O3. The molecule has 1 heterocycles. The molecule has 0 aromatic rings. The standard InChI is InChI=1S/C15H28N2O3/c1-15(2,3)9-12(10-16)14(20)17-6-4-11(5-7-17)8-13(18)19/h11-12H,4-10,16H2,1-3H3,(H,18,19). The molecule has 0 aromatic carbocycles. The van der Waals surface area contributed by atoms with Gasteiger partial charge >= 0.3 is 5.97 Å². The predicted octanol–water partition coefficient (Wildman–Crippen LogP) is 1.71. The SMILES string of the molecule is CC(C)(C)CC(CN)C(=O)N1CCC(CC(=O)O)CC1. The van der Waals surface area contributed by atoms with Gasteiger partial charge in [0.05, 0.1) is 5.92 Å². The smallest absolute Gasteiger partial charge is 0.303 e. The van der Waals surface area contributed by atoms with E-state index in [0.29, 0.717) is 19.6 Å². The van der Waals surface area contributed by atoms with Crippen LogP contribution in [0.2, 0.25) is 0 Å². The molecule has 1 aliphatic rings. The van der Waals surface area contributed by atoms with Crippen LogP contribution in [0.4, 0.5) is 0 Å². The van der Waals surface area contributed by atoms with E-state index in [0.717, 1.165) is 19.3 Å². The number of carbonyl (C=O) groups is 2. The first-order valence-corrected chi connectivity index (χ1v) is 7.43. The number of hydrogen-bond acceptors (Lipinski definition) is 3. The van der Waals surface area contributed by atoms with Crippen molar-refractivity contribution in [1.82, 2.24) is 4.90 Å². The minimum absolute atomic E-state index is 0.0846. The van der Waals surface area contributed by atoms with Crippen molar-refractivity contribution in [3.63, 3.8) is 0 Å². The Labute approximate surface area is 121 Å². The number of hydrogen-bond donors (Lipinski definition) is 2. The Bertz CT molecular complexity index is 342. The fourth-order valence-corrected chi connectivity index (χ4v) is 2.87. The van der Waals surface area contributed by atoms with Gasteiger partial charge in [0.25, 0.3) is 0 Å². The molecule has 0 aromatic heterocycles. The summed E-state index contributed by atoms with van der Waals surface area (Å²) in [5.41, 5.74) is 5.84. The van der Waals surface area contributed by atoms with E-state index in [4.69, 9.17) is 10.8 Å². The highest BCUT2D eigenvalue weighted by Crippen LogP contribution is 2.27. The first-order chi connectivity index (χ1) is 9.23. The zero-order chi connectivity index (χ0) is 15.3. The Hall–Kier alpha value is -1.10. The van der Waals surface area contributed by atoms with Crippen LogP contribution in [0, 0.1) is 17.3 Å². The van der Waals surface area contributed by atoms with Gasteiger partial charge < -0.3 is 15.7 Å². The van der Waals surface area contributed by atoms with Crippen molar-refractivity contribution in [3.05, 3.63) is 0 Å².